The third-order valence-electron chi connectivity index (χ3n) is 3.72. The van der Waals surface area contributed by atoms with Gasteiger partial charge >= 0.3 is 0 Å². The summed E-state index contributed by atoms with van der Waals surface area (Å²) < 4.78 is 0. The number of carbonyl (C=O) groups excluding carboxylic acids is 1. The highest BCUT2D eigenvalue weighted by Gasteiger charge is 2.12. The number of thioether (sulfide) groups is 1. The van der Waals surface area contributed by atoms with E-state index in [1.165, 1.54) is 11.5 Å². The molecule has 6 heteroatoms. The summed E-state index contributed by atoms with van der Waals surface area (Å²) in [5.74, 6) is 2.47. The van der Waals surface area contributed by atoms with E-state index in [2.05, 4.69) is 15.5 Å². The molecule has 0 aromatic heterocycles. The molecule has 2 rings (SSSR count). The summed E-state index contributed by atoms with van der Waals surface area (Å²) in [5, 5.41) is 6.18. The van der Waals surface area contributed by atoms with Crippen LogP contribution in [0.3, 0.4) is 0 Å². The van der Waals surface area contributed by atoms with Crippen LogP contribution in [0.15, 0.2) is 24.3 Å². The molecule has 4 nitrogen and oxygen atoms in total. The van der Waals surface area contributed by atoms with Crippen LogP contribution in [0.2, 0.25) is 0 Å². The zero-order chi connectivity index (χ0) is 14.9. The average Bonchev–Trinajstić information content (AvgIpc) is 2.54. The molecule has 2 N–H and O–H groups in total. The van der Waals surface area contributed by atoms with Gasteiger partial charge in [0.25, 0.3) is 5.91 Å². The van der Waals surface area contributed by atoms with E-state index in [9.17, 15) is 4.79 Å². The van der Waals surface area contributed by atoms with Gasteiger partial charge in [0.15, 0.2) is 0 Å². The molecule has 1 saturated heterocycles. The molecule has 1 amide bonds. The summed E-state index contributed by atoms with van der Waals surface area (Å²) in [5.41, 5.74) is 1.92. The number of amides is 1. The van der Waals surface area contributed by atoms with Crippen LogP contribution in [0, 0.1) is 0 Å². The molecule has 1 aliphatic heterocycles. The second kappa shape index (κ2) is 10.9. The van der Waals surface area contributed by atoms with Crippen molar-refractivity contribution in [3.05, 3.63) is 35.4 Å². The van der Waals surface area contributed by atoms with Crippen molar-refractivity contribution >= 4 is 30.1 Å². The molecule has 0 bridgehead atoms. The molecule has 0 radical (unpaired) electrons. The van der Waals surface area contributed by atoms with Gasteiger partial charge in [0, 0.05) is 43.2 Å². The number of halogens is 1. The fraction of sp³-hybridized carbons (Fsp3) is 0.562. The minimum Gasteiger partial charge on any atom is -0.351 e. The zero-order valence-corrected chi connectivity index (χ0v) is 14.8. The summed E-state index contributed by atoms with van der Waals surface area (Å²) >= 11 is 2.01. The third kappa shape index (κ3) is 6.16. The van der Waals surface area contributed by atoms with Gasteiger partial charge in [-0.2, -0.15) is 11.8 Å². The topological polar surface area (TPSA) is 44.4 Å². The van der Waals surface area contributed by atoms with Crippen LogP contribution in [0.4, 0.5) is 0 Å². The maximum absolute atomic E-state index is 12.3. The van der Waals surface area contributed by atoms with Crippen LogP contribution < -0.4 is 10.6 Å². The van der Waals surface area contributed by atoms with Crippen molar-refractivity contribution in [2.75, 3.05) is 51.3 Å². The lowest BCUT2D eigenvalue weighted by atomic mass is 10.0. The summed E-state index contributed by atoms with van der Waals surface area (Å²) in [7, 11) is 1.93. The van der Waals surface area contributed by atoms with Gasteiger partial charge in [-0.1, -0.05) is 18.2 Å². The van der Waals surface area contributed by atoms with Crippen molar-refractivity contribution in [2.24, 2.45) is 0 Å². The van der Waals surface area contributed by atoms with Gasteiger partial charge in [0.05, 0.1) is 0 Å². The number of hydrogen-bond donors (Lipinski definition) is 2. The van der Waals surface area contributed by atoms with Crippen LogP contribution in [0.25, 0.3) is 0 Å². The SMILES string of the molecule is CNCCc1ccccc1C(=O)NCCN1CCSCC1.Cl. The van der Waals surface area contributed by atoms with Crippen LogP contribution in [0.5, 0.6) is 0 Å². The Hall–Kier alpha value is -0.750. The Balaban J connectivity index is 0.00000242. The molecular weight excluding hydrogens is 318 g/mol. The molecular formula is C16H26ClN3OS. The predicted molar refractivity (Wildman–Crippen MR) is 97.4 cm³/mol. The van der Waals surface area contributed by atoms with E-state index in [4.69, 9.17) is 0 Å². The summed E-state index contributed by atoms with van der Waals surface area (Å²) in [6.07, 6.45) is 0.878. The second-order valence-electron chi connectivity index (χ2n) is 5.22. The second-order valence-corrected chi connectivity index (χ2v) is 6.45. The highest BCUT2D eigenvalue weighted by Crippen LogP contribution is 2.10. The molecule has 0 atom stereocenters. The summed E-state index contributed by atoms with van der Waals surface area (Å²) in [6.45, 7) is 4.84. The van der Waals surface area contributed by atoms with Crippen LogP contribution in [-0.4, -0.2) is 62.1 Å². The third-order valence-corrected chi connectivity index (χ3v) is 4.67. The smallest absolute Gasteiger partial charge is 0.251 e. The Morgan fingerprint density at radius 3 is 2.68 bits per heavy atom. The zero-order valence-electron chi connectivity index (χ0n) is 13.1. The number of carbonyl (C=O) groups is 1. The van der Waals surface area contributed by atoms with E-state index in [0.29, 0.717) is 0 Å². The van der Waals surface area contributed by atoms with E-state index in [1.807, 2.05) is 43.1 Å². The number of nitrogens with one attached hydrogen (secondary N) is 2. The average molecular weight is 344 g/mol. The highest BCUT2D eigenvalue weighted by molar-refractivity contribution is 7.99. The lowest BCUT2D eigenvalue weighted by molar-refractivity contribution is 0.0948. The molecule has 0 unspecified atom stereocenters. The first-order valence-corrected chi connectivity index (χ1v) is 8.77. The minimum atomic E-state index is 0. The lowest BCUT2D eigenvalue weighted by Crippen LogP contribution is -2.39. The van der Waals surface area contributed by atoms with Crippen LogP contribution >= 0.6 is 24.2 Å². The van der Waals surface area contributed by atoms with E-state index < -0.39 is 0 Å². The predicted octanol–water partition coefficient (Wildman–Crippen LogP) is 1.65. The summed E-state index contributed by atoms with van der Waals surface area (Å²) in [6, 6.07) is 7.87. The first-order chi connectivity index (χ1) is 10.3. The van der Waals surface area contributed by atoms with Crippen molar-refractivity contribution < 1.29 is 4.79 Å². The number of rotatable bonds is 7. The minimum absolute atomic E-state index is 0. The van der Waals surface area contributed by atoms with E-state index >= 15 is 0 Å². The van der Waals surface area contributed by atoms with Gasteiger partial charge < -0.3 is 10.6 Å². The Kier molecular flexibility index (Phi) is 9.55. The van der Waals surface area contributed by atoms with Gasteiger partial charge in [0.1, 0.15) is 0 Å². The normalized spacial score (nSPS) is 15.1. The number of benzene rings is 1. The molecule has 0 saturated carbocycles. The Bertz CT molecular complexity index is 453. The molecule has 1 aliphatic rings. The lowest BCUT2D eigenvalue weighted by Gasteiger charge is -2.26. The number of likely N-dealkylation sites (N-methyl/N-ethyl adjacent to an activating group) is 1. The Labute approximate surface area is 143 Å². The van der Waals surface area contributed by atoms with Crippen LogP contribution in [0.1, 0.15) is 15.9 Å². The van der Waals surface area contributed by atoms with E-state index in [-0.39, 0.29) is 18.3 Å². The summed E-state index contributed by atoms with van der Waals surface area (Å²) in [4.78, 5) is 14.7. The van der Waals surface area contributed by atoms with Gasteiger partial charge in [-0.15, -0.1) is 12.4 Å². The van der Waals surface area contributed by atoms with E-state index in [0.717, 1.165) is 50.3 Å². The van der Waals surface area contributed by atoms with E-state index in [1.54, 1.807) is 0 Å². The van der Waals surface area contributed by atoms with Crippen molar-refractivity contribution in [3.8, 4) is 0 Å². The van der Waals surface area contributed by atoms with Gasteiger partial charge in [0.2, 0.25) is 0 Å². The quantitative estimate of drug-likeness (QED) is 0.790. The fourth-order valence-corrected chi connectivity index (χ4v) is 3.45. The Morgan fingerprint density at radius 2 is 1.95 bits per heavy atom. The van der Waals surface area contributed by atoms with Crippen LogP contribution in [-0.2, 0) is 6.42 Å². The monoisotopic (exact) mass is 343 g/mol. The Morgan fingerprint density at radius 1 is 1.23 bits per heavy atom. The maximum atomic E-state index is 12.3. The first-order valence-electron chi connectivity index (χ1n) is 7.62. The van der Waals surface area contributed by atoms with Gasteiger partial charge in [-0.05, 0) is 31.6 Å². The molecule has 1 fully saturated rings. The van der Waals surface area contributed by atoms with Crippen molar-refractivity contribution in [2.45, 2.75) is 6.42 Å². The van der Waals surface area contributed by atoms with Crippen molar-refractivity contribution in [3.63, 3.8) is 0 Å². The molecule has 1 aromatic carbocycles. The first kappa shape index (κ1) is 19.3. The van der Waals surface area contributed by atoms with Crippen molar-refractivity contribution in [1.82, 2.24) is 15.5 Å². The molecule has 1 aromatic rings. The van der Waals surface area contributed by atoms with Gasteiger partial charge in [-0.25, -0.2) is 0 Å². The largest absolute Gasteiger partial charge is 0.351 e. The fourth-order valence-electron chi connectivity index (χ4n) is 2.47. The number of nitrogens with zero attached hydrogens (tertiary/aromatic N) is 1. The highest BCUT2D eigenvalue weighted by atomic mass is 35.5. The number of hydrogen-bond acceptors (Lipinski definition) is 4. The molecule has 0 aliphatic carbocycles. The standard InChI is InChI=1S/C16H25N3OS.ClH/c1-17-7-6-14-4-2-3-5-15(14)16(20)18-8-9-19-10-12-21-13-11-19;/h2-5,17H,6-13H2,1H3,(H,18,20);1H. The molecule has 1 heterocycles. The maximum Gasteiger partial charge on any atom is 0.251 e. The molecule has 124 valence electrons. The van der Waals surface area contributed by atoms with Gasteiger partial charge in [-0.3, -0.25) is 9.69 Å². The molecule has 22 heavy (non-hydrogen) atoms. The van der Waals surface area contributed by atoms with Crippen molar-refractivity contribution in [1.29, 1.82) is 0 Å². The molecule has 0 spiro atoms.